The molecule has 0 spiro atoms. The van der Waals surface area contributed by atoms with Gasteiger partial charge in [0.1, 0.15) is 0 Å². The second kappa shape index (κ2) is 7.67. The van der Waals surface area contributed by atoms with Crippen molar-refractivity contribution in [2.45, 2.75) is 32.1 Å². The topological polar surface area (TPSA) is 62.2 Å². The smallest absolute Gasteiger partial charge is 0.338 e. The van der Waals surface area contributed by atoms with Crippen LogP contribution in [0.1, 0.15) is 13.3 Å². The molecule has 2 amide bonds. The highest BCUT2D eigenvalue weighted by Crippen LogP contribution is 2.22. The fourth-order valence-corrected chi connectivity index (χ4v) is 2.72. The fraction of sp³-hybridized carbons (Fsp3) is 0.714. The Bertz CT molecular complexity index is 491. The average molecular weight is 333 g/mol. The first-order valence-electron chi connectivity index (χ1n) is 7.63. The molecule has 6 nitrogen and oxygen atoms in total. The van der Waals surface area contributed by atoms with Crippen LogP contribution >= 0.6 is 0 Å². The van der Waals surface area contributed by atoms with Crippen molar-refractivity contribution < 1.29 is 18.0 Å². The van der Waals surface area contributed by atoms with E-state index in [4.69, 9.17) is 0 Å². The molecule has 0 aromatic carbocycles. The number of urea groups is 1. The summed E-state index contributed by atoms with van der Waals surface area (Å²) in [5.74, 6) is 0.0597. The Morgan fingerprint density at radius 3 is 2.91 bits per heavy atom. The van der Waals surface area contributed by atoms with E-state index in [0.717, 1.165) is 0 Å². The van der Waals surface area contributed by atoms with E-state index >= 15 is 0 Å². The molecule has 1 saturated heterocycles. The van der Waals surface area contributed by atoms with Crippen molar-refractivity contribution in [1.29, 1.82) is 0 Å². The molecule has 1 aromatic heterocycles. The number of nitrogens with one attached hydrogen (secondary N) is 2. The van der Waals surface area contributed by atoms with Crippen molar-refractivity contribution in [1.82, 2.24) is 25.3 Å². The first kappa shape index (κ1) is 17.6. The van der Waals surface area contributed by atoms with E-state index in [2.05, 4.69) is 15.7 Å². The number of rotatable bonds is 6. The minimum Gasteiger partial charge on any atom is -0.338 e. The Balaban J connectivity index is 1.63. The fourth-order valence-electron chi connectivity index (χ4n) is 2.72. The Kier molecular flexibility index (Phi) is 5.86. The maximum atomic E-state index is 12.3. The largest absolute Gasteiger partial charge is 0.401 e. The van der Waals surface area contributed by atoms with Crippen LogP contribution in [0.2, 0.25) is 0 Å². The summed E-state index contributed by atoms with van der Waals surface area (Å²) in [4.78, 5) is 13.2. The standard InChI is InChI=1S/C14H22F3N5O/c1-11(8-22-5-2-4-19-22)20-13(23)18-7-12-3-6-21(9-12)10-14(15,16)17/h2,4-5,11-12H,3,6-10H2,1H3,(H2,18,20,23)/t11-,12-/m1/s1. The maximum Gasteiger partial charge on any atom is 0.401 e. The number of hydrogen-bond acceptors (Lipinski definition) is 3. The monoisotopic (exact) mass is 333 g/mol. The van der Waals surface area contributed by atoms with E-state index in [-0.39, 0.29) is 18.0 Å². The molecule has 2 heterocycles. The minimum absolute atomic E-state index is 0.0597. The van der Waals surface area contributed by atoms with Gasteiger partial charge < -0.3 is 10.6 Å². The van der Waals surface area contributed by atoms with Crippen LogP contribution in [-0.4, -0.2) is 59.1 Å². The quantitative estimate of drug-likeness (QED) is 0.828. The molecule has 1 aliphatic rings. The van der Waals surface area contributed by atoms with E-state index in [1.165, 1.54) is 4.90 Å². The first-order valence-corrected chi connectivity index (χ1v) is 7.63. The lowest BCUT2D eigenvalue weighted by atomic mass is 10.1. The van der Waals surface area contributed by atoms with Crippen molar-refractivity contribution in [2.24, 2.45) is 5.92 Å². The summed E-state index contributed by atoms with van der Waals surface area (Å²) in [5, 5.41) is 9.58. The molecule has 1 aromatic rings. The van der Waals surface area contributed by atoms with E-state index in [9.17, 15) is 18.0 Å². The molecular weight excluding hydrogens is 311 g/mol. The van der Waals surface area contributed by atoms with E-state index in [1.54, 1.807) is 16.9 Å². The third kappa shape index (κ3) is 6.47. The van der Waals surface area contributed by atoms with Gasteiger partial charge in [-0.2, -0.15) is 18.3 Å². The average Bonchev–Trinajstić information content (AvgIpc) is 3.06. The van der Waals surface area contributed by atoms with Gasteiger partial charge in [0.15, 0.2) is 0 Å². The minimum atomic E-state index is -4.17. The molecule has 2 rings (SSSR count). The molecular formula is C14H22F3N5O. The molecule has 0 aliphatic carbocycles. The van der Waals surface area contributed by atoms with Crippen molar-refractivity contribution in [3.05, 3.63) is 18.5 Å². The molecule has 0 radical (unpaired) electrons. The van der Waals surface area contributed by atoms with E-state index in [0.29, 0.717) is 32.6 Å². The third-order valence-corrected chi connectivity index (χ3v) is 3.72. The molecule has 1 fully saturated rings. The summed E-state index contributed by atoms with van der Waals surface area (Å²) in [5.41, 5.74) is 0. The third-order valence-electron chi connectivity index (χ3n) is 3.72. The molecule has 0 bridgehead atoms. The van der Waals surface area contributed by atoms with Crippen LogP contribution < -0.4 is 10.6 Å². The van der Waals surface area contributed by atoms with Gasteiger partial charge in [-0.25, -0.2) is 4.79 Å². The van der Waals surface area contributed by atoms with Crippen molar-refractivity contribution in [3.8, 4) is 0 Å². The second-order valence-corrected chi connectivity index (χ2v) is 5.99. The molecule has 2 N–H and O–H groups in total. The summed E-state index contributed by atoms with van der Waals surface area (Å²) in [6, 6.07) is 1.40. The van der Waals surface area contributed by atoms with Gasteiger partial charge in [0.2, 0.25) is 0 Å². The Labute approximate surface area is 133 Å². The highest BCUT2D eigenvalue weighted by molar-refractivity contribution is 5.74. The second-order valence-electron chi connectivity index (χ2n) is 5.99. The van der Waals surface area contributed by atoms with Crippen LogP contribution in [-0.2, 0) is 6.54 Å². The van der Waals surface area contributed by atoms with Crippen molar-refractivity contribution in [3.63, 3.8) is 0 Å². The number of halogens is 3. The van der Waals surface area contributed by atoms with E-state index in [1.807, 2.05) is 13.1 Å². The normalized spacial score (nSPS) is 20.4. The highest BCUT2D eigenvalue weighted by atomic mass is 19.4. The number of carbonyl (C=O) groups is 1. The van der Waals surface area contributed by atoms with Crippen molar-refractivity contribution >= 4 is 6.03 Å². The predicted molar refractivity (Wildman–Crippen MR) is 78.8 cm³/mol. The zero-order valence-corrected chi connectivity index (χ0v) is 13.0. The molecule has 23 heavy (non-hydrogen) atoms. The van der Waals surface area contributed by atoms with Gasteiger partial charge >= 0.3 is 12.2 Å². The number of likely N-dealkylation sites (tertiary alicyclic amines) is 1. The lowest BCUT2D eigenvalue weighted by Crippen LogP contribution is -2.44. The number of carbonyl (C=O) groups excluding carboxylic acids is 1. The number of hydrogen-bond donors (Lipinski definition) is 2. The van der Waals surface area contributed by atoms with Gasteiger partial charge in [-0.1, -0.05) is 0 Å². The number of alkyl halides is 3. The van der Waals surface area contributed by atoms with Crippen LogP contribution in [0.15, 0.2) is 18.5 Å². The summed E-state index contributed by atoms with van der Waals surface area (Å²) in [6.07, 6.45) is -0.0236. The number of amides is 2. The van der Waals surface area contributed by atoms with Gasteiger partial charge in [-0.15, -0.1) is 0 Å². The SMILES string of the molecule is C[C@H](Cn1cccn1)NC(=O)NC[C@H]1CCN(CC(F)(F)F)C1. The highest BCUT2D eigenvalue weighted by Gasteiger charge is 2.34. The van der Waals surface area contributed by atoms with Crippen LogP contribution in [0.5, 0.6) is 0 Å². The van der Waals surface area contributed by atoms with Crippen molar-refractivity contribution in [2.75, 3.05) is 26.2 Å². The summed E-state index contributed by atoms with van der Waals surface area (Å²) >= 11 is 0. The summed E-state index contributed by atoms with van der Waals surface area (Å²) < 4.78 is 38.7. The van der Waals surface area contributed by atoms with Gasteiger partial charge in [0, 0.05) is 31.5 Å². The summed E-state index contributed by atoms with van der Waals surface area (Å²) in [6.45, 7) is 2.71. The van der Waals surface area contributed by atoms with Crippen LogP contribution in [0, 0.1) is 5.92 Å². The molecule has 2 atom stereocenters. The van der Waals surface area contributed by atoms with Crippen LogP contribution in [0.4, 0.5) is 18.0 Å². The van der Waals surface area contributed by atoms with E-state index < -0.39 is 12.7 Å². The van der Waals surface area contributed by atoms with Gasteiger partial charge in [-0.3, -0.25) is 9.58 Å². The molecule has 0 unspecified atom stereocenters. The molecule has 0 saturated carbocycles. The lowest BCUT2D eigenvalue weighted by molar-refractivity contribution is -0.143. The Morgan fingerprint density at radius 1 is 1.48 bits per heavy atom. The zero-order valence-electron chi connectivity index (χ0n) is 13.0. The Hall–Kier alpha value is -1.77. The molecule has 9 heteroatoms. The Morgan fingerprint density at radius 2 is 2.26 bits per heavy atom. The molecule has 130 valence electrons. The van der Waals surface area contributed by atoms with Crippen LogP contribution in [0.25, 0.3) is 0 Å². The van der Waals surface area contributed by atoms with Crippen LogP contribution in [0.3, 0.4) is 0 Å². The van der Waals surface area contributed by atoms with Gasteiger partial charge in [0.25, 0.3) is 0 Å². The number of nitrogens with zero attached hydrogens (tertiary/aromatic N) is 3. The zero-order chi connectivity index (χ0) is 16.9. The van der Waals surface area contributed by atoms with Gasteiger partial charge in [-0.05, 0) is 31.9 Å². The predicted octanol–water partition coefficient (Wildman–Crippen LogP) is 1.45. The summed E-state index contributed by atoms with van der Waals surface area (Å²) in [7, 11) is 0. The first-order chi connectivity index (χ1) is 10.8. The maximum absolute atomic E-state index is 12.3. The number of aromatic nitrogens is 2. The molecule has 1 aliphatic heterocycles. The van der Waals surface area contributed by atoms with Gasteiger partial charge in [0.05, 0.1) is 13.1 Å². The lowest BCUT2D eigenvalue weighted by Gasteiger charge is -2.18.